The second kappa shape index (κ2) is 18.3. The first kappa shape index (κ1) is 37.9. The highest BCUT2D eigenvalue weighted by molar-refractivity contribution is 7.89. The number of fused-ring (bicyclic) bond motifs is 1. The predicted octanol–water partition coefficient (Wildman–Crippen LogP) is 5.75. The number of carbonyl (C=O) groups excluding carboxylic acids is 1. The van der Waals surface area contributed by atoms with Crippen LogP contribution in [0.15, 0.2) is 71.6 Å². The molecule has 2 heterocycles. The molecule has 5 rings (SSSR count). The van der Waals surface area contributed by atoms with Gasteiger partial charge in [0, 0.05) is 58.2 Å². The molecule has 3 aromatic rings. The van der Waals surface area contributed by atoms with Crippen LogP contribution < -0.4 is 9.64 Å². The maximum atomic E-state index is 14.1. The number of piperidine rings is 1. The Morgan fingerprint density at radius 1 is 0.960 bits per heavy atom. The SMILES string of the molecule is COCCCN1CCOc2ccc(CO[C@H]3CN(S(=O)(=O)c4ccc(C)cc4)[C@H](CC=O)C[C@@H]3c3ccc(COC[C@@H](C)COC)cc3)cc21. The van der Waals surface area contributed by atoms with Crippen molar-refractivity contribution in [1.82, 2.24) is 4.31 Å². The Morgan fingerprint density at radius 3 is 2.44 bits per heavy atom. The topological polar surface area (TPSA) is 104 Å². The number of hydrogen-bond acceptors (Lipinski definition) is 9. The summed E-state index contributed by atoms with van der Waals surface area (Å²) in [6.45, 7) is 9.13. The monoisotopic (exact) mass is 708 g/mol. The van der Waals surface area contributed by atoms with Crippen LogP contribution in [0, 0.1) is 12.8 Å². The average molecular weight is 709 g/mol. The number of aryl methyl sites for hydroxylation is 1. The number of nitrogens with zero attached hydrogens (tertiary/aromatic N) is 2. The molecule has 0 saturated carbocycles. The minimum absolute atomic E-state index is 0.101. The third-order valence-electron chi connectivity index (χ3n) is 9.49. The first-order valence-electron chi connectivity index (χ1n) is 17.5. The summed E-state index contributed by atoms with van der Waals surface area (Å²) in [5, 5.41) is 0. The Kier molecular flexibility index (Phi) is 13.8. The molecule has 1 saturated heterocycles. The van der Waals surface area contributed by atoms with Crippen molar-refractivity contribution in [3.63, 3.8) is 0 Å². The second-order valence-corrected chi connectivity index (χ2v) is 15.3. The van der Waals surface area contributed by atoms with Gasteiger partial charge in [0.15, 0.2) is 0 Å². The molecule has 11 heteroatoms. The summed E-state index contributed by atoms with van der Waals surface area (Å²) in [5.41, 5.74) is 5.06. The number of rotatable bonds is 18. The maximum absolute atomic E-state index is 14.1. The van der Waals surface area contributed by atoms with E-state index >= 15 is 0 Å². The first-order chi connectivity index (χ1) is 24.2. The van der Waals surface area contributed by atoms with Crippen molar-refractivity contribution in [2.24, 2.45) is 5.92 Å². The van der Waals surface area contributed by atoms with Gasteiger partial charge in [-0.15, -0.1) is 0 Å². The van der Waals surface area contributed by atoms with Crippen LogP contribution in [-0.4, -0.2) is 91.4 Å². The molecule has 10 nitrogen and oxygen atoms in total. The molecule has 2 aliphatic rings. The molecule has 3 aromatic carbocycles. The largest absolute Gasteiger partial charge is 0.490 e. The van der Waals surface area contributed by atoms with Crippen molar-refractivity contribution < 1.29 is 36.9 Å². The summed E-state index contributed by atoms with van der Waals surface area (Å²) in [6, 6.07) is 20.7. The number of ether oxygens (including phenoxy) is 5. The fraction of sp³-hybridized carbons (Fsp3) is 0.513. The minimum atomic E-state index is -3.89. The number of benzene rings is 3. The van der Waals surface area contributed by atoms with Gasteiger partial charge in [0.05, 0.1) is 49.7 Å². The second-order valence-electron chi connectivity index (χ2n) is 13.4. The smallest absolute Gasteiger partial charge is 0.243 e. The van der Waals surface area contributed by atoms with E-state index in [0.717, 1.165) is 59.5 Å². The zero-order valence-corrected chi connectivity index (χ0v) is 30.6. The molecule has 0 radical (unpaired) electrons. The highest BCUT2D eigenvalue weighted by Gasteiger charge is 2.42. The summed E-state index contributed by atoms with van der Waals surface area (Å²) in [4.78, 5) is 14.5. The lowest BCUT2D eigenvalue weighted by Gasteiger charge is -2.43. The molecule has 0 bridgehead atoms. The van der Waals surface area contributed by atoms with Crippen molar-refractivity contribution in [3.05, 3.63) is 89.0 Å². The van der Waals surface area contributed by atoms with Gasteiger partial charge >= 0.3 is 0 Å². The molecule has 0 unspecified atom stereocenters. The summed E-state index contributed by atoms with van der Waals surface area (Å²) >= 11 is 0. The van der Waals surface area contributed by atoms with Gasteiger partial charge in [-0.1, -0.05) is 55.0 Å². The van der Waals surface area contributed by atoms with Crippen LogP contribution in [0.4, 0.5) is 5.69 Å². The molecular weight excluding hydrogens is 657 g/mol. The minimum Gasteiger partial charge on any atom is -0.490 e. The van der Waals surface area contributed by atoms with E-state index in [1.54, 1.807) is 38.5 Å². The third kappa shape index (κ3) is 9.71. The number of aldehydes is 1. The Balaban J connectivity index is 1.39. The molecule has 50 heavy (non-hydrogen) atoms. The van der Waals surface area contributed by atoms with Crippen molar-refractivity contribution >= 4 is 22.0 Å². The van der Waals surface area contributed by atoms with E-state index in [0.29, 0.717) is 52.0 Å². The summed E-state index contributed by atoms with van der Waals surface area (Å²) < 4.78 is 58.7. The zero-order valence-electron chi connectivity index (χ0n) is 29.8. The molecular formula is C39H52N2O8S. The van der Waals surface area contributed by atoms with E-state index < -0.39 is 22.2 Å². The molecule has 0 amide bonds. The van der Waals surface area contributed by atoms with Gasteiger partial charge in [0.25, 0.3) is 0 Å². The molecule has 0 spiro atoms. The van der Waals surface area contributed by atoms with E-state index in [9.17, 15) is 13.2 Å². The first-order valence-corrected chi connectivity index (χ1v) is 19.0. The van der Waals surface area contributed by atoms with Crippen LogP contribution in [0.25, 0.3) is 0 Å². The van der Waals surface area contributed by atoms with Crippen LogP contribution in [0.1, 0.15) is 54.4 Å². The third-order valence-corrected chi connectivity index (χ3v) is 11.4. The van der Waals surface area contributed by atoms with Crippen LogP contribution in [-0.2, 0) is 47.0 Å². The number of anilines is 1. The standard InChI is InChI=1S/C39H52N2O8S/c1-29-6-13-35(14-7-29)50(43,44)41-24-39(49-28-32-10-15-38-37(22-32)40(18-21-48-38)17-5-20-45-3)36(23-34(41)16-19-42)33-11-8-31(9-12-33)27-47-26-30(2)25-46-4/h6-15,19,22,30,34,36,39H,5,16-18,20-21,23-28H2,1-4H3/t30-,34+,36+,39-/m0/s1. The lowest BCUT2D eigenvalue weighted by atomic mass is 9.83. The van der Waals surface area contributed by atoms with E-state index in [-0.39, 0.29) is 23.8 Å². The fourth-order valence-electron chi connectivity index (χ4n) is 6.82. The Bertz CT molecular complexity index is 1620. The number of hydrogen-bond donors (Lipinski definition) is 0. The predicted molar refractivity (Wildman–Crippen MR) is 193 cm³/mol. The Hall–Kier alpha value is -3.32. The van der Waals surface area contributed by atoms with Gasteiger partial charge in [-0.3, -0.25) is 0 Å². The molecule has 2 aliphatic heterocycles. The van der Waals surface area contributed by atoms with Crippen molar-refractivity contribution in [3.8, 4) is 5.75 Å². The summed E-state index contributed by atoms with van der Waals surface area (Å²) in [5.74, 6) is 1.01. The van der Waals surface area contributed by atoms with Crippen LogP contribution in [0.3, 0.4) is 0 Å². The maximum Gasteiger partial charge on any atom is 0.243 e. The molecule has 0 N–H and O–H groups in total. The van der Waals surface area contributed by atoms with Crippen molar-refractivity contribution in [2.75, 3.05) is 65.2 Å². The van der Waals surface area contributed by atoms with Gasteiger partial charge < -0.3 is 33.4 Å². The summed E-state index contributed by atoms with van der Waals surface area (Å²) in [7, 11) is -0.492. The van der Waals surface area contributed by atoms with Gasteiger partial charge in [0.2, 0.25) is 10.0 Å². The normalized spacial score (nSPS) is 20.2. The Morgan fingerprint density at radius 2 is 1.72 bits per heavy atom. The van der Waals surface area contributed by atoms with Gasteiger partial charge in [-0.25, -0.2) is 8.42 Å². The highest BCUT2D eigenvalue weighted by Crippen LogP contribution is 2.39. The summed E-state index contributed by atoms with van der Waals surface area (Å²) in [6.07, 6.45) is 1.82. The van der Waals surface area contributed by atoms with Crippen LogP contribution in [0.2, 0.25) is 0 Å². The lowest BCUT2D eigenvalue weighted by Crippen LogP contribution is -2.52. The van der Waals surface area contributed by atoms with Crippen LogP contribution >= 0.6 is 0 Å². The van der Waals surface area contributed by atoms with Gasteiger partial charge in [-0.2, -0.15) is 4.31 Å². The van der Waals surface area contributed by atoms with E-state index in [1.807, 2.05) is 19.1 Å². The Labute approximate surface area is 297 Å². The lowest BCUT2D eigenvalue weighted by molar-refractivity contribution is -0.109. The number of methoxy groups -OCH3 is 2. The highest BCUT2D eigenvalue weighted by atomic mass is 32.2. The van der Waals surface area contributed by atoms with E-state index in [2.05, 4.69) is 42.2 Å². The van der Waals surface area contributed by atoms with Crippen LogP contribution in [0.5, 0.6) is 5.75 Å². The molecule has 272 valence electrons. The quantitative estimate of drug-likeness (QED) is 0.121. The van der Waals surface area contributed by atoms with Crippen molar-refractivity contribution in [1.29, 1.82) is 0 Å². The molecule has 0 aromatic heterocycles. The molecule has 0 aliphatic carbocycles. The average Bonchev–Trinajstić information content (AvgIpc) is 3.12. The van der Waals surface area contributed by atoms with Gasteiger partial charge in [0.1, 0.15) is 18.6 Å². The number of carbonyl (C=O) groups is 1. The number of sulfonamides is 1. The molecule has 1 fully saturated rings. The van der Waals surface area contributed by atoms with Gasteiger partial charge in [-0.05, 0) is 60.7 Å². The molecule has 4 atom stereocenters. The zero-order chi connectivity index (χ0) is 35.5. The van der Waals surface area contributed by atoms with E-state index in [4.69, 9.17) is 23.7 Å². The fourth-order valence-corrected chi connectivity index (χ4v) is 8.47. The van der Waals surface area contributed by atoms with E-state index in [1.165, 1.54) is 4.31 Å². The van der Waals surface area contributed by atoms with Crippen molar-refractivity contribution in [2.45, 2.75) is 69.3 Å².